The van der Waals surface area contributed by atoms with E-state index in [-0.39, 0.29) is 11.9 Å². The number of aryl methyl sites for hydroxylation is 1. The Hall–Kier alpha value is -3.49. The van der Waals surface area contributed by atoms with Gasteiger partial charge < -0.3 is 19.8 Å². The van der Waals surface area contributed by atoms with Crippen molar-refractivity contribution in [1.82, 2.24) is 20.4 Å². The number of hydrogen-bond acceptors (Lipinski definition) is 3. The molecule has 1 atom stereocenters. The summed E-state index contributed by atoms with van der Waals surface area (Å²) < 4.78 is 43.9. The maximum Gasteiger partial charge on any atom is 0.416 e. The summed E-state index contributed by atoms with van der Waals surface area (Å²) >= 11 is 0. The molecule has 9 heteroatoms. The van der Waals surface area contributed by atoms with Crippen LogP contribution in [0.3, 0.4) is 0 Å². The highest BCUT2D eigenvalue weighted by Crippen LogP contribution is 2.36. The number of carbonyl (C=O) groups is 1. The fourth-order valence-electron chi connectivity index (χ4n) is 3.47. The van der Waals surface area contributed by atoms with Crippen LogP contribution in [0.25, 0.3) is 22.0 Å². The monoisotopic (exact) mass is 416 g/mol. The molecule has 1 amide bonds. The lowest BCUT2D eigenvalue weighted by Gasteiger charge is -2.10. The average molecular weight is 416 g/mol. The molecule has 1 unspecified atom stereocenters. The topological polar surface area (TPSA) is 86.7 Å². The Kier molecular flexibility index (Phi) is 4.68. The van der Waals surface area contributed by atoms with Crippen molar-refractivity contribution in [1.29, 1.82) is 0 Å². The Labute approximate surface area is 169 Å². The molecule has 0 saturated carbocycles. The van der Waals surface area contributed by atoms with Crippen molar-refractivity contribution >= 4 is 16.8 Å². The van der Waals surface area contributed by atoms with Crippen molar-refractivity contribution in [2.45, 2.75) is 33.0 Å². The Morgan fingerprint density at radius 1 is 1.13 bits per heavy atom. The van der Waals surface area contributed by atoms with Crippen LogP contribution in [-0.2, 0) is 6.18 Å². The van der Waals surface area contributed by atoms with Crippen LogP contribution in [0.1, 0.15) is 46.0 Å². The van der Waals surface area contributed by atoms with Gasteiger partial charge in [-0.25, -0.2) is 0 Å². The van der Waals surface area contributed by atoms with Gasteiger partial charge in [-0.1, -0.05) is 11.2 Å². The number of H-pyrrole nitrogens is 2. The highest BCUT2D eigenvalue weighted by Gasteiger charge is 2.31. The van der Waals surface area contributed by atoms with Gasteiger partial charge in [-0.05, 0) is 38.5 Å². The maximum absolute atomic E-state index is 13.0. The first-order valence-electron chi connectivity index (χ1n) is 9.26. The number of halogens is 3. The van der Waals surface area contributed by atoms with Crippen molar-refractivity contribution in [3.05, 3.63) is 64.9 Å². The largest absolute Gasteiger partial charge is 0.416 e. The molecule has 0 radical (unpaired) electrons. The second-order valence-corrected chi connectivity index (χ2v) is 7.22. The van der Waals surface area contributed by atoms with Crippen LogP contribution < -0.4 is 5.32 Å². The van der Waals surface area contributed by atoms with Crippen LogP contribution in [0.4, 0.5) is 13.2 Å². The second kappa shape index (κ2) is 7.08. The van der Waals surface area contributed by atoms with Crippen molar-refractivity contribution in [2.24, 2.45) is 0 Å². The number of nitrogens with zero attached hydrogens (tertiary/aromatic N) is 1. The number of benzene rings is 1. The smallest absolute Gasteiger partial charge is 0.361 e. The van der Waals surface area contributed by atoms with E-state index in [0.717, 1.165) is 17.7 Å². The molecule has 4 aromatic rings. The van der Waals surface area contributed by atoms with Gasteiger partial charge in [-0.2, -0.15) is 13.2 Å². The number of aromatic nitrogens is 3. The van der Waals surface area contributed by atoms with Gasteiger partial charge in [0.05, 0.1) is 11.6 Å². The highest BCUT2D eigenvalue weighted by atomic mass is 19.4. The van der Waals surface area contributed by atoms with E-state index in [1.54, 1.807) is 39.2 Å². The maximum atomic E-state index is 13.0. The van der Waals surface area contributed by atoms with E-state index in [1.165, 1.54) is 6.07 Å². The first kappa shape index (κ1) is 19.8. The summed E-state index contributed by atoms with van der Waals surface area (Å²) in [7, 11) is 0. The SMILES string of the molecule is Cc1cc(C(C)NC(=O)c2[nH]cc(-c3c[nH]c4cc(C(F)(F)F)ccc34)c2C)no1. The molecule has 156 valence electrons. The molecule has 30 heavy (non-hydrogen) atoms. The van der Waals surface area contributed by atoms with Crippen molar-refractivity contribution in [3.63, 3.8) is 0 Å². The van der Waals surface area contributed by atoms with Crippen LogP contribution in [0, 0.1) is 13.8 Å². The molecule has 0 aliphatic rings. The molecule has 0 aliphatic carbocycles. The third-order valence-corrected chi connectivity index (χ3v) is 5.10. The Morgan fingerprint density at radius 3 is 2.53 bits per heavy atom. The quantitative estimate of drug-likeness (QED) is 0.423. The van der Waals surface area contributed by atoms with E-state index in [2.05, 4.69) is 20.4 Å². The molecule has 3 aromatic heterocycles. The van der Waals surface area contributed by atoms with Crippen LogP contribution in [0.15, 0.2) is 41.2 Å². The Bertz CT molecular complexity index is 1230. The summed E-state index contributed by atoms with van der Waals surface area (Å²) in [4.78, 5) is 18.6. The first-order valence-corrected chi connectivity index (χ1v) is 9.26. The van der Waals surface area contributed by atoms with Crippen LogP contribution in [-0.4, -0.2) is 21.0 Å². The molecule has 0 aliphatic heterocycles. The number of rotatable bonds is 4. The summed E-state index contributed by atoms with van der Waals surface area (Å²) in [5.74, 6) is 0.337. The number of aromatic amines is 2. The number of carbonyl (C=O) groups excluding carboxylic acids is 1. The van der Waals surface area contributed by atoms with Gasteiger partial charge in [-0.15, -0.1) is 0 Å². The molecular weight excluding hydrogens is 397 g/mol. The fraction of sp³-hybridized carbons (Fsp3) is 0.238. The van der Waals surface area contributed by atoms with E-state index >= 15 is 0 Å². The van der Waals surface area contributed by atoms with Gasteiger partial charge in [0.25, 0.3) is 5.91 Å². The van der Waals surface area contributed by atoms with E-state index in [0.29, 0.717) is 39.2 Å². The third-order valence-electron chi connectivity index (χ3n) is 5.10. The zero-order valence-electron chi connectivity index (χ0n) is 16.4. The molecule has 3 N–H and O–H groups in total. The minimum Gasteiger partial charge on any atom is -0.361 e. The van der Waals surface area contributed by atoms with Gasteiger partial charge in [0.15, 0.2) is 0 Å². The average Bonchev–Trinajstić information content (AvgIpc) is 3.38. The highest BCUT2D eigenvalue weighted by molar-refractivity contribution is 6.00. The van der Waals surface area contributed by atoms with E-state index < -0.39 is 11.7 Å². The molecule has 0 spiro atoms. The summed E-state index contributed by atoms with van der Waals surface area (Å²) in [6.45, 7) is 5.35. The van der Waals surface area contributed by atoms with Gasteiger partial charge in [0.2, 0.25) is 0 Å². The zero-order valence-corrected chi connectivity index (χ0v) is 16.4. The zero-order chi connectivity index (χ0) is 21.6. The van der Waals surface area contributed by atoms with Gasteiger partial charge >= 0.3 is 6.18 Å². The molecular formula is C21H19F3N4O2. The minimum atomic E-state index is -4.41. The summed E-state index contributed by atoms with van der Waals surface area (Å²) in [6.07, 6.45) is -1.09. The molecule has 0 fully saturated rings. The number of amides is 1. The Balaban J connectivity index is 1.62. The molecule has 0 bridgehead atoms. The standard InChI is InChI=1S/C21H19F3N4O2/c1-10-6-17(28-30-10)12(3)27-20(29)19-11(2)15(8-26-19)16-9-25-18-7-13(21(22,23)24)4-5-14(16)18/h4-9,12,25-26H,1-3H3,(H,27,29). The van der Waals surface area contributed by atoms with Gasteiger partial charge in [0.1, 0.15) is 17.1 Å². The summed E-state index contributed by atoms with van der Waals surface area (Å²) in [5.41, 5.74) is 2.79. The normalized spacial score (nSPS) is 13.0. The lowest BCUT2D eigenvalue weighted by Crippen LogP contribution is -2.27. The van der Waals surface area contributed by atoms with Crippen LogP contribution in [0.5, 0.6) is 0 Å². The van der Waals surface area contributed by atoms with Crippen molar-refractivity contribution in [2.75, 3.05) is 0 Å². The number of nitrogens with one attached hydrogen (secondary N) is 3. The molecule has 6 nitrogen and oxygen atoms in total. The third kappa shape index (κ3) is 3.47. The predicted molar refractivity (Wildman–Crippen MR) is 105 cm³/mol. The van der Waals surface area contributed by atoms with E-state index in [9.17, 15) is 18.0 Å². The summed E-state index contributed by atoms with van der Waals surface area (Å²) in [5, 5.41) is 7.41. The summed E-state index contributed by atoms with van der Waals surface area (Å²) in [6, 6.07) is 4.96. The Morgan fingerprint density at radius 2 is 1.87 bits per heavy atom. The predicted octanol–water partition coefficient (Wildman–Crippen LogP) is 5.28. The van der Waals surface area contributed by atoms with Crippen molar-refractivity contribution < 1.29 is 22.5 Å². The van der Waals surface area contributed by atoms with E-state index in [1.807, 2.05) is 0 Å². The fourth-order valence-corrected chi connectivity index (χ4v) is 3.47. The van der Waals surface area contributed by atoms with Gasteiger partial charge in [0, 0.05) is 40.5 Å². The lowest BCUT2D eigenvalue weighted by atomic mass is 10.0. The van der Waals surface area contributed by atoms with Crippen molar-refractivity contribution in [3.8, 4) is 11.1 Å². The van der Waals surface area contributed by atoms with Gasteiger partial charge in [-0.3, -0.25) is 4.79 Å². The lowest BCUT2D eigenvalue weighted by molar-refractivity contribution is -0.137. The molecule has 0 saturated heterocycles. The minimum absolute atomic E-state index is 0.314. The first-order chi connectivity index (χ1) is 14.1. The number of hydrogen-bond donors (Lipinski definition) is 3. The van der Waals surface area contributed by atoms with Crippen LogP contribution in [0.2, 0.25) is 0 Å². The van der Waals surface area contributed by atoms with Crippen LogP contribution >= 0.6 is 0 Å². The van der Waals surface area contributed by atoms with E-state index in [4.69, 9.17) is 4.52 Å². The number of alkyl halides is 3. The molecule has 1 aromatic carbocycles. The number of fused-ring (bicyclic) bond motifs is 1. The molecule has 4 rings (SSSR count). The second-order valence-electron chi connectivity index (χ2n) is 7.22. The molecule has 3 heterocycles.